The molecular weight excluding hydrogens is 260 g/mol. The molecule has 1 aromatic heterocycles. The largest absolute Gasteiger partial charge is 0.354 e. The first kappa shape index (κ1) is 13.6. The highest BCUT2D eigenvalue weighted by Gasteiger charge is 2.11. The van der Waals surface area contributed by atoms with E-state index in [0.29, 0.717) is 16.8 Å². The second kappa shape index (κ2) is 5.89. The highest BCUT2D eigenvalue weighted by Crippen LogP contribution is 2.28. The van der Waals surface area contributed by atoms with E-state index < -0.39 is 0 Å². The van der Waals surface area contributed by atoms with E-state index in [1.807, 2.05) is 31.0 Å². The zero-order valence-corrected chi connectivity index (χ0v) is 12.1. The van der Waals surface area contributed by atoms with Gasteiger partial charge in [0.25, 0.3) is 0 Å². The van der Waals surface area contributed by atoms with Gasteiger partial charge < -0.3 is 10.2 Å². The van der Waals surface area contributed by atoms with Gasteiger partial charge in [0, 0.05) is 19.3 Å². The number of hydrogen-bond donors (Lipinski definition) is 1. The molecule has 0 saturated carbocycles. The van der Waals surface area contributed by atoms with Crippen molar-refractivity contribution in [2.75, 3.05) is 23.8 Å². The van der Waals surface area contributed by atoms with Gasteiger partial charge in [0.2, 0.25) is 5.95 Å². The van der Waals surface area contributed by atoms with E-state index in [1.165, 1.54) is 5.56 Å². The Bertz CT molecular complexity index is 554. The van der Waals surface area contributed by atoms with E-state index in [-0.39, 0.29) is 0 Å². The molecule has 0 amide bonds. The van der Waals surface area contributed by atoms with Crippen LogP contribution in [0, 0.1) is 6.92 Å². The molecule has 0 atom stereocenters. The molecule has 0 aliphatic carbocycles. The van der Waals surface area contributed by atoms with Gasteiger partial charge in [0.1, 0.15) is 5.02 Å². The molecule has 2 rings (SSSR count). The first-order chi connectivity index (χ1) is 9.11. The van der Waals surface area contributed by atoms with Gasteiger partial charge in [-0.3, -0.25) is 0 Å². The summed E-state index contributed by atoms with van der Waals surface area (Å²) >= 11 is 6.18. The van der Waals surface area contributed by atoms with Crippen molar-refractivity contribution in [3.05, 3.63) is 41.0 Å². The van der Waals surface area contributed by atoms with E-state index in [0.717, 1.165) is 12.2 Å². The van der Waals surface area contributed by atoms with Crippen LogP contribution in [0.3, 0.4) is 0 Å². The number of halogens is 1. The number of benzene rings is 1. The lowest BCUT2D eigenvalue weighted by molar-refractivity contribution is 1.05. The minimum Gasteiger partial charge on any atom is -0.354 e. The number of nitrogens with zero attached hydrogens (tertiary/aromatic N) is 3. The molecule has 0 aliphatic rings. The maximum absolute atomic E-state index is 6.18. The lowest BCUT2D eigenvalue weighted by Crippen LogP contribution is -2.13. The van der Waals surface area contributed by atoms with Crippen LogP contribution < -0.4 is 10.2 Å². The third kappa shape index (κ3) is 3.15. The minimum absolute atomic E-state index is 0.532. The molecule has 0 unspecified atom stereocenters. The number of hydrogen-bond acceptors (Lipinski definition) is 4. The molecule has 1 aromatic carbocycles. The summed E-state index contributed by atoms with van der Waals surface area (Å²) in [5, 5.41) is 3.62. The molecule has 4 nitrogen and oxygen atoms in total. The van der Waals surface area contributed by atoms with Crippen molar-refractivity contribution in [1.82, 2.24) is 9.97 Å². The van der Waals surface area contributed by atoms with Crippen molar-refractivity contribution >= 4 is 29.1 Å². The topological polar surface area (TPSA) is 41.1 Å². The van der Waals surface area contributed by atoms with Gasteiger partial charge in [-0.2, -0.15) is 4.98 Å². The fourth-order valence-corrected chi connectivity index (χ4v) is 1.95. The van der Waals surface area contributed by atoms with Crippen LogP contribution in [0.5, 0.6) is 0 Å². The average Bonchev–Trinajstić information content (AvgIpc) is 2.41. The molecule has 0 spiro atoms. The second-order valence-electron chi connectivity index (χ2n) is 4.29. The molecule has 100 valence electrons. The molecule has 0 saturated heterocycles. The third-order valence-corrected chi connectivity index (χ3v) is 3.07. The van der Waals surface area contributed by atoms with Crippen molar-refractivity contribution in [3.63, 3.8) is 0 Å². The van der Waals surface area contributed by atoms with Crippen LogP contribution in [0.4, 0.5) is 17.5 Å². The van der Waals surface area contributed by atoms with Crippen LogP contribution in [0.25, 0.3) is 0 Å². The fraction of sp³-hybridized carbons (Fsp3) is 0.286. The van der Waals surface area contributed by atoms with Crippen LogP contribution in [0.2, 0.25) is 5.02 Å². The molecular formula is C14H17ClN4. The number of anilines is 3. The summed E-state index contributed by atoms with van der Waals surface area (Å²) in [7, 11) is 1.94. The Labute approximate surface area is 118 Å². The van der Waals surface area contributed by atoms with Gasteiger partial charge in [0.15, 0.2) is 5.82 Å². The maximum Gasteiger partial charge on any atom is 0.224 e. The Hall–Kier alpha value is -1.81. The van der Waals surface area contributed by atoms with Crippen molar-refractivity contribution < 1.29 is 0 Å². The van der Waals surface area contributed by atoms with Crippen LogP contribution >= 0.6 is 11.6 Å². The summed E-state index contributed by atoms with van der Waals surface area (Å²) in [5.41, 5.74) is 2.26. The molecule has 1 N–H and O–H groups in total. The number of nitrogens with one attached hydrogen (secondary N) is 1. The Morgan fingerprint density at radius 3 is 2.58 bits per heavy atom. The number of rotatable bonds is 4. The summed E-state index contributed by atoms with van der Waals surface area (Å²) in [6.07, 6.45) is 1.62. The zero-order valence-electron chi connectivity index (χ0n) is 11.3. The van der Waals surface area contributed by atoms with Gasteiger partial charge in [-0.1, -0.05) is 29.3 Å². The first-order valence-corrected chi connectivity index (χ1v) is 6.56. The van der Waals surface area contributed by atoms with Gasteiger partial charge >= 0.3 is 0 Å². The van der Waals surface area contributed by atoms with Gasteiger partial charge in [0.05, 0.1) is 6.20 Å². The lowest BCUT2D eigenvalue weighted by atomic mass is 10.2. The monoisotopic (exact) mass is 276 g/mol. The summed E-state index contributed by atoms with van der Waals surface area (Å²) in [6.45, 7) is 4.83. The van der Waals surface area contributed by atoms with Crippen LogP contribution in [0.1, 0.15) is 12.5 Å². The van der Waals surface area contributed by atoms with E-state index in [9.17, 15) is 0 Å². The summed E-state index contributed by atoms with van der Waals surface area (Å²) in [4.78, 5) is 10.5. The quantitative estimate of drug-likeness (QED) is 0.926. The van der Waals surface area contributed by atoms with Crippen molar-refractivity contribution in [2.45, 2.75) is 13.8 Å². The van der Waals surface area contributed by atoms with Crippen LogP contribution in [-0.4, -0.2) is 23.6 Å². The Kier molecular flexibility index (Phi) is 4.22. The lowest BCUT2D eigenvalue weighted by Gasteiger charge is -2.20. The molecule has 5 heteroatoms. The zero-order chi connectivity index (χ0) is 13.8. The Morgan fingerprint density at radius 2 is 1.95 bits per heavy atom. The smallest absolute Gasteiger partial charge is 0.224 e. The number of aryl methyl sites for hydroxylation is 1. The highest BCUT2D eigenvalue weighted by molar-refractivity contribution is 6.33. The molecule has 0 aliphatic heterocycles. The predicted molar refractivity (Wildman–Crippen MR) is 80.4 cm³/mol. The third-order valence-electron chi connectivity index (χ3n) is 2.80. The van der Waals surface area contributed by atoms with E-state index in [1.54, 1.807) is 6.20 Å². The van der Waals surface area contributed by atoms with Crippen molar-refractivity contribution in [3.8, 4) is 0 Å². The maximum atomic E-state index is 6.18. The minimum atomic E-state index is 0.532. The van der Waals surface area contributed by atoms with Gasteiger partial charge in [-0.05, 0) is 26.0 Å². The van der Waals surface area contributed by atoms with E-state index in [4.69, 9.17) is 11.6 Å². The van der Waals surface area contributed by atoms with Gasteiger partial charge in [-0.15, -0.1) is 0 Å². The highest BCUT2D eigenvalue weighted by atomic mass is 35.5. The molecule has 1 heterocycles. The predicted octanol–water partition coefficient (Wildman–Crippen LogP) is 3.64. The van der Waals surface area contributed by atoms with E-state index >= 15 is 0 Å². The van der Waals surface area contributed by atoms with Crippen molar-refractivity contribution in [2.24, 2.45) is 0 Å². The van der Waals surface area contributed by atoms with Crippen molar-refractivity contribution in [1.29, 1.82) is 0 Å². The molecule has 0 radical (unpaired) electrons. The first-order valence-electron chi connectivity index (χ1n) is 6.18. The molecule has 0 fully saturated rings. The molecule has 19 heavy (non-hydrogen) atoms. The summed E-state index contributed by atoms with van der Waals surface area (Å²) < 4.78 is 0. The van der Waals surface area contributed by atoms with Gasteiger partial charge in [-0.25, -0.2) is 4.98 Å². The van der Waals surface area contributed by atoms with E-state index in [2.05, 4.69) is 34.3 Å². The average molecular weight is 277 g/mol. The normalized spacial score (nSPS) is 10.3. The summed E-state index contributed by atoms with van der Waals surface area (Å²) in [5.74, 6) is 1.28. The summed E-state index contributed by atoms with van der Waals surface area (Å²) in [6, 6.07) is 8.21. The fourth-order valence-electron chi connectivity index (χ4n) is 1.73. The van der Waals surface area contributed by atoms with Crippen LogP contribution in [0.15, 0.2) is 30.5 Å². The Morgan fingerprint density at radius 1 is 1.26 bits per heavy atom. The second-order valence-corrected chi connectivity index (χ2v) is 4.70. The standard InChI is InChI=1S/C14H17ClN4/c1-4-16-14-17-9-12(15)13(18-14)19(3)11-7-5-10(2)6-8-11/h5-9H,4H2,1-3H3,(H,16,17,18). The molecule has 2 aromatic rings. The van der Waals surface area contributed by atoms with Crippen LogP contribution in [-0.2, 0) is 0 Å². The number of aromatic nitrogens is 2. The Balaban J connectivity index is 2.34. The SMILES string of the molecule is CCNc1ncc(Cl)c(N(C)c2ccc(C)cc2)n1. The molecule has 0 bridgehead atoms.